The number of primary amides is 1. The van der Waals surface area contributed by atoms with E-state index in [1.54, 1.807) is 12.1 Å². The Morgan fingerprint density at radius 3 is 2.40 bits per heavy atom. The number of nitrogens with two attached hydrogens (primary N) is 1. The Labute approximate surface area is 118 Å². The summed E-state index contributed by atoms with van der Waals surface area (Å²) in [6.45, 7) is 4.38. The maximum atomic E-state index is 10.9. The van der Waals surface area contributed by atoms with Gasteiger partial charge in [0, 0.05) is 12.3 Å². The van der Waals surface area contributed by atoms with Crippen LogP contribution in [0.2, 0.25) is 0 Å². The Balaban J connectivity index is 2.04. The lowest BCUT2D eigenvalue weighted by Crippen LogP contribution is -2.10. The van der Waals surface area contributed by atoms with E-state index in [1.165, 1.54) is 11.8 Å². The zero-order valence-corrected chi connectivity index (χ0v) is 11.7. The highest BCUT2D eigenvalue weighted by molar-refractivity contribution is 5.92. The zero-order valence-electron chi connectivity index (χ0n) is 11.7. The third kappa shape index (κ3) is 3.82. The first kappa shape index (κ1) is 14.1. The quantitative estimate of drug-likeness (QED) is 0.907. The van der Waals surface area contributed by atoms with Crippen molar-refractivity contribution in [1.82, 2.24) is 4.98 Å². The molecule has 4 heteroatoms. The van der Waals surface area contributed by atoms with Crippen molar-refractivity contribution < 1.29 is 9.53 Å². The first-order chi connectivity index (χ1) is 9.54. The van der Waals surface area contributed by atoms with Crippen LogP contribution in [0.15, 0.2) is 42.6 Å². The molecule has 1 amide bonds. The van der Waals surface area contributed by atoms with Crippen molar-refractivity contribution >= 4 is 5.91 Å². The molecule has 1 aromatic carbocycles. The molecule has 0 fully saturated rings. The van der Waals surface area contributed by atoms with Gasteiger partial charge < -0.3 is 10.5 Å². The van der Waals surface area contributed by atoms with Crippen molar-refractivity contribution in [2.75, 3.05) is 0 Å². The van der Waals surface area contributed by atoms with Gasteiger partial charge in [0.1, 0.15) is 5.75 Å². The molecule has 0 unspecified atom stereocenters. The molecule has 0 saturated carbocycles. The van der Waals surface area contributed by atoms with Gasteiger partial charge in [-0.15, -0.1) is 0 Å². The topological polar surface area (TPSA) is 65.2 Å². The Morgan fingerprint density at radius 1 is 1.20 bits per heavy atom. The number of carbonyl (C=O) groups is 1. The number of benzene rings is 1. The second-order valence-electron chi connectivity index (χ2n) is 5.09. The number of aromatic nitrogens is 1. The van der Waals surface area contributed by atoms with Crippen LogP contribution in [-0.2, 0) is 6.42 Å². The molecule has 4 nitrogen and oxygen atoms in total. The number of amides is 1. The molecule has 1 heterocycles. The number of hydrogen-bond acceptors (Lipinski definition) is 3. The fourth-order valence-corrected chi connectivity index (χ4v) is 1.87. The Kier molecular flexibility index (Phi) is 4.35. The summed E-state index contributed by atoms with van der Waals surface area (Å²) in [6.07, 6.45) is 2.45. The van der Waals surface area contributed by atoms with E-state index in [0.717, 1.165) is 12.2 Å². The van der Waals surface area contributed by atoms with Gasteiger partial charge >= 0.3 is 0 Å². The minimum atomic E-state index is -0.498. The maximum Gasteiger partial charge on any atom is 0.250 e. The van der Waals surface area contributed by atoms with Crippen LogP contribution in [0, 0.1) is 5.92 Å². The van der Waals surface area contributed by atoms with Gasteiger partial charge in [0.05, 0.1) is 5.56 Å². The van der Waals surface area contributed by atoms with Crippen molar-refractivity contribution in [3.63, 3.8) is 0 Å². The van der Waals surface area contributed by atoms with Gasteiger partial charge in [0.2, 0.25) is 11.8 Å². The molecule has 2 N–H and O–H groups in total. The van der Waals surface area contributed by atoms with Crippen molar-refractivity contribution in [2.24, 2.45) is 11.7 Å². The average Bonchev–Trinajstić information content (AvgIpc) is 2.41. The van der Waals surface area contributed by atoms with E-state index in [4.69, 9.17) is 10.5 Å². The summed E-state index contributed by atoms with van der Waals surface area (Å²) >= 11 is 0. The summed E-state index contributed by atoms with van der Waals surface area (Å²) < 4.78 is 5.61. The van der Waals surface area contributed by atoms with Gasteiger partial charge in [-0.1, -0.05) is 26.0 Å². The highest BCUT2D eigenvalue weighted by Gasteiger charge is 2.03. The van der Waals surface area contributed by atoms with Gasteiger partial charge in [-0.3, -0.25) is 4.79 Å². The number of rotatable bonds is 5. The van der Waals surface area contributed by atoms with E-state index in [-0.39, 0.29) is 0 Å². The molecule has 0 bridgehead atoms. The smallest absolute Gasteiger partial charge is 0.250 e. The van der Waals surface area contributed by atoms with Crippen LogP contribution in [0.4, 0.5) is 0 Å². The number of hydrogen-bond donors (Lipinski definition) is 1. The molecule has 0 aliphatic rings. The lowest BCUT2D eigenvalue weighted by molar-refractivity contribution is 0.1000. The molecule has 0 radical (unpaired) electrons. The van der Waals surface area contributed by atoms with Crippen LogP contribution in [0.3, 0.4) is 0 Å². The normalized spacial score (nSPS) is 10.6. The van der Waals surface area contributed by atoms with Crippen LogP contribution >= 0.6 is 0 Å². The molecule has 0 aliphatic carbocycles. The van der Waals surface area contributed by atoms with E-state index < -0.39 is 5.91 Å². The Hall–Kier alpha value is -2.36. The predicted octanol–water partition coefficient (Wildman–Crippen LogP) is 3.17. The lowest BCUT2D eigenvalue weighted by atomic mass is 10.0. The SMILES string of the molecule is CC(C)Cc1ccc(Oc2ccc(C(N)=O)cn2)cc1. The van der Waals surface area contributed by atoms with Crippen molar-refractivity contribution in [3.8, 4) is 11.6 Å². The van der Waals surface area contributed by atoms with Gasteiger partial charge in [-0.25, -0.2) is 4.98 Å². The molecular formula is C16H18N2O2. The molecule has 0 saturated heterocycles. The minimum absolute atomic E-state index is 0.365. The molecule has 1 aromatic heterocycles. The first-order valence-electron chi connectivity index (χ1n) is 6.57. The van der Waals surface area contributed by atoms with E-state index in [9.17, 15) is 4.79 Å². The van der Waals surface area contributed by atoms with Crippen LogP contribution in [0.5, 0.6) is 11.6 Å². The second-order valence-corrected chi connectivity index (χ2v) is 5.09. The number of nitrogens with zero attached hydrogens (tertiary/aromatic N) is 1. The minimum Gasteiger partial charge on any atom is -0.439 e. The second kappa shape index (κ2) is 6.19. The fraction of sp³-hybridized carbons (Fsp3) is 0.250. The summed E-state index contributed by atoms with van der Waals surface area (Å²) in [5.41, 5.74) is 6.80. The Bertz CT molecular complexity index is 574. The highest BCUT2D eigenvalue weighted by Crippen LogP contribution is 2.20. The van der Waals surface area contributed by atoms with Crippen LogP contribution in [-0.4, -0.2) is 10.9 Å². The molecular weight excluding hydrogens is 252 g/mol. The van der Waals surface area contributed by atoms with Crippen molar-refractivity contribution in [2.45, 2.75) is 20.3 Å². The summed E-state index contributed by atoms with van der Waals surface area (Å²) in [5.74, 6) is 1.29. The molecule has 20 heavy (non-hydrogen) atoms. The number of ether oxygens (including phenoxy) is 1. The fourth-order valence-electron chi connectivity index (χ4n) is 1.87. The maximum absolute atomic E-state index is 10.9. The van der Waals surface area contributed by atoms with Crippen LogP contribution < -0.4 is 10.5 Å². The van der Waals surface area contributed by atoms with Crippen LogP contribution in [0.25, 0.3) is 0 Å². The third-order valence-electron chi connectivity index (χ3n) is 2.81. The molecule has 104 valence electrons. The van der Waals surface area contributed by atoms with Crippen molar-refractivity contribution in [3.05, 3.63) is 53.7 Å². The summed E-state index contributed by atoms with van der Waals surface area (Å²) in [5, 5.41) is 0. The average molecular weight is 270 g/mol. The van der Waals surface area contributed by atoms with E-state index in [1.807, 2.05) is 24.3 Å². The molecule has 0 spiro atoms. The third-order valence-corrected chi connectivity index (χ3v) is 2.81. The Morgan fingerprint density at radius 2 is 1.90 bits per heavy atom. The number of carbonyl (C=O) groups excluding carboxylic acids is 1. The van der Waals surface area contributed by atoms with Crippen molar-refractivity contribution in [1.29, 1.82) is 0 Å². The van der Waals surface area contributed by atoms with Gasteiger partial charge in [0.25, 0.3) is 0 Å². The van der Waals surface area contributed by atoms with Gasteiger partial charge in [-0.2, -0.15) is 0 Å². The lowest BCUT2D eigenvalue weighted by Gasteiger charge is -2.07. The predicted molar refractivity (Wildman–Crippen MR) is 77.8 cm³/mol. The molecule has 0 atom stereocenters. The van der Waals surface area contributed by atoms with Gasteiger partial charge in [0.15, 0.2) is 0 Å². The van der Waals surface area contributed by atoms with E-state index in [2.05, 4.69) is 18.8 Å². The highest BCUT2D eigenvalue weighted by atomic mass is 16.5. The standard InChI is InChI=1S/C16H18N2O2/c1-11(2)9-12-3-6-14(7-4-12)20-15-8-5-13(10-18-15)16(17)19/h3-8,10-11H,9H2,1-2H3,(H2,17,19). The van der Waals surface area contributed by atoms with Gasteiger partial charge in [-0.05, 0) is 36.1 Å². The van der Waals surface area contributed by atoms with E-state index in [0.29, 0.717) is 17.4 Å². The number of pyridine rings is 1. The zero-order chi connectivity index (χ0) is 14.5. The molecule has 2 rings (SSSR count). The van der Waals surface area contributed by atoms with Crippen LogP contribution in [0.1, 0.15) is 29.8 Å². The largest absolute Gasteiger partial charge is 0.439 e. The van der Waals surface area contributed by atoms with E-state index >= 15 is 0 Å². The monoisotopic (exact) mass is 270 g/mol. The molecule has 0 aliphatic heterocycles. The summed E-state index contributed by atoms with van der Waals surface area (Å²) in [7, 11) is 0. The molecule has 2 aromatic rings. The summed E-state index contributed by atoms with van der Waals surface area (Å²) in [4.78, 5) is 15.0. The summed E-state index contributed by atoms with van der Waals surface area (Å²) in [6, 6.07) is 11.2. The first-order valence-corrected chi connectivity index (χ1v) is 6.57.